The number of esters is 3. The highest BCUT2D eigenvalue weighted by atomic mass is 16.5. The zero-order chi connectivity index (χ0) is 17.7. The zero-order valence-corrected chi connectivity index (χ0v) is 13.5. The molecule has 0 saturated heterocycles. The molecule has 0 aliphatic carbocycles. The summed E-state index contributed by atoms with van der Waals surface area (Å²) >= 11 is 0. The molecule has 124 valence electrons. The van der Waals surface area contributed by atoms with Crippen molar-refractivity contribution in [3.63, 3.8) is 0 Å². The monoisotopic (exact) mass is 328 g/mol. The van der Waals surface area contributed by atoms with Crippen molar-refractivity contribution in [3.8, 4) is 11.1 Å². The van der Waals surface area contributed by atoms with Gasteiger partial charge in [0.25, 0.3) is 0 Å². The van der Waals surface area contributed by atoms with Gasteiger partial charge in [-0.25, -0.2) is 14.4 Å². The summed E-state index contributed by atoms with van der Waals surface area (Å²) in [4.78, 5) is 35.2. The molecule has 0 aliphatic heterocycles. The standard InChI is InChI=1S/C18H16O6/c1-22-16(19)12-6-4-11(5-7-12)14-9-8-13(17(20)23-2)10-15(14)18(21)24-3/h4-10H,1-3H3. The summed E-state index contributed by atoms with van der Waals surface area (Å²) in [6.45, 7) is 0. The second-order valence-corrected chi connectivity index (χ2v) is 4.81. The maximum Gasteiger partial charge on any atom is 0.338 e. The van der Waals surface area contributed by atoms with Gasteiger partial charge in [0.2, 0.25) is 0 Å². The Morgan fingerprint density at radius 1 is 0.667 bits per heavy atom. The lowest BCUT2D eigenvalue weighted by Crippen LogP contribution is -2.08. The van der Waals surface area contributed by atoms with E-state index in [1.165, 1.54) is 27.4 Å². The molecule has 2 aromatic carbocycles. The minimum Gasteiger partial charge on any atom is -0.465 e. The third kappa shape index (κ3) is 3.43. The van der Waals surface area contributed by atoms with Crippen molar-refractivity contribution < 1.29 is 28.6 Å². The van der Waals surface area contributed by atoms with Crippen LogP contribution in [0.1, 0.15) is 31.1 Å². The molecule has 0 aromatic heterocycles. The van der Waals surface area contributed by atoms with Crippen molar-refractivity contribution in [1.29, 1.82) is 0 Å². The molecule has 0 atom stereocenters. The number of ether oxygens (including phenoxy) is 3. The summed E-state index contributed by atoms with van der Waals surface area (Å²) in [5.74, 6) is -1.57. The maximum atomic E-state index is 12.0. The quantitative estimate of drug-likeness (QED) is 0.634. The van der Waals surface area contributed by atoms with E-state index < -0.39 is 17.9 Å². The fraction of sp³-hybridized carbons (Fsp3) is 0.167. The first-order chi connectivity index (χ1) is 11.5. The van der Waals surface area contributed by atoms with Crippen molar-refractivity contribution in [2.75, 3.05) is 21.3 Å². The summed E-state index contributed by atoms with van der Waals surface area (Å²) in [5, 5.41) is 0. The Bertz CT molecular complexity index is 777. The van der Waals surface area contributed by atoms with Crippen molar-refractivity contribution in [2.24, 2.45) is 0 Å². The molecule has 0 spiro atoms. The van der Waals surface area contributed by atoms with E-state index in [1.54, 1.807) is 36.4 Å². The molecule has 2 aromatic rings. The van der Waals surface area contributed by atoms with Crippen LogP contribution in [0, 0.1) is 0 Å². The van der Waals surface area contributed by atoms with Crippen LogP contribution in [0.3, 0.4) is 0 Å². The molecule has 0 saturated carbocycles. The Labute approximate surface area is 139 Å². The zero-order valence-electron chi connectivity index (χ0n) is 13.5. The fourth-order valence-corrected chi connectivity index (χ4v) is 2.22. The first-order valence-electron chi connectivity index (χ1n) is 7.01. The molecule has 0 amide bonds. The maximum absolute atomic E-state index is 12.0. The van der Waals surface area contributed by atoms with E-state index in [2.05, 4.69) is 9.47 Å². The van der Waals surface area contributed by atoms with E-state index in [9.17, 15) is 14.4 Å². The van der Waals surface area contributed by atoms with Gasteiger partial charge in [0.15, 0.2) is 0 Å². The molecule has 0 aliphatic rings. The summed E-state index contributed by atoms with van der Waals surface area (Å²) < 4.78 is 14.1. The van der Waals surface area contributed by atoms with Crippen molar-refractivity contribution in [2.45, 2.75) is 0 Å². The predicted molar refractivity (Wildman–Crippen MR) is 85.9 cm³/mol. The highest BCUT2D eigenvalue weighted by molar-refractivity contribution is 6.01. The van der Waals surface area contributed by atoms with Crippen molar-refractivity contribution >= 4 is 17.9 Å². The summed E-state index contributed by atoms with van der Waals surface area (Å²) in [6.07, 6.45) is 0. The van der Waals surface area contributed by atoms with Gasteiger partial charge in [-0.3, -0.25) is 0 Å². The topological polar surface area (TPSA) is 78.9 Å². The third-order valence-electron chi connectivity index (χ3n) is 3.46. The average Bonchev–Trinajstić information content (AvgIpc) is 2.65. The molecule has 0 bridgehead atoms. The second kappa shape index (κ2) is 7.41. The molecule has 0 radical (unpaired) electrons. The van der Waals surface area contributed by atoms with E-state index in [-0.39, 0.29) is 11.1 Å². The Balaban J connectivity index is 2.50. The molecule has 0 heterocycles. The van der Waals surface area contributed by atoms with Gasteiger partial charge in [0.1, 0.15) is 0 Å². The number of hydrogen-bond donors (Lipinski definition) is 0. The molecular formula is C18H16O6. The van der Waals surface area contributed by atoms with Crippen LogP contribution in [0.25, 0.3) is 11.1 Å². The van der Waals surface area contributed by atoms with Crippen LogP contribution in [-0.2, 0) is 14.2 Å². The lowest BCUT2D eigenvalue weighted by atomic mass is 9.96. The Morgan fingerprint density at radius 3 is 1.71 bits per heavy atom. The van der Waals surface area contributed by atoms with E-state index >= 15 is 0 Å². The van der Waals surface area contributed by atoms with E-state index in [0.717, 1.165) is 0 Å². The minimum atomic E-state index is -0.576. The Hall–Kier alpha value is -3.15. The number of methoxy groups -OCH3 is 3. The van der Waals surface area contributed by atoms with Gasteiger partial charge in [-0.2, -0.15) is 0 Å². The first kappa shape index (κ1) is 17.2. The lowest BCUT2D eigenvalue weighted by Gasteiger charge is -2.10. The van der Waals surface area contributed by atoms with Crippen LogP contribution < -0.4 is 0 Å². The highest BCUT2D eigenvalue weighted by Crippen LogP contribution is 2.26. The van der Waals surface area contributed by atoms with Crippen LogP contribution in [0.5, 0.6) is 0 Å². The largest absolute Gasteiger partial charge is 0.465 e. The smallest absolute Gasteiger partial charge is 0.338 e. The van der Waals surface area contributed by atoms with Crippen LogP contribution in [0.2, 0.25) is 0 Å². The molecule has 6 heteroatoms. The number of benzene rings is 2. The summed E-state index contributed by atoms with van der Waals surface area (Å²) in [6, 6.07) is 11.2. The van der Waals surface area contributed by atoms with Crippen LogP contribution in [-0.4, -0.2) is 39.2 Å². The van der Waals surface area contributed by atoms with Gasteiger partial charge in [-0.1, -0.05) is 18.2 Å². The van der Waals surface area contributed by atoms with E-state index in [1.807, 2.05) is 0 Å². The fourth-order valence-electron chi connectivity index (χ4n) is 2.22. The van der Waals surface area contributed by atoms with Gasteiger partial charge in [-0.05, 0) is 35.4 Å². The van der Waals surface area contributed by atoms with Gasteiger partial charge in [0, 0.05) is 0 Å². The van der Waals surface area contributed by atoms with Gasteiger partial charge in [-0.15, -0.1) is 0 Å². The molecule has 0 N–H and O–H groups in total. The number of carbonyl (C=O) groups excluding carboxylic acids is 3. The van der Waals surface area contributed by atoms with Crippen molar-refractivity contribution in [3.05, 3.63) is 59.2 Å². The van der Waals surface area contributed by atoms with Crippen molar-refractivity contribution in [1.82, 2.24) is 0 Å². The number of carbonyl (C=O) groups is 3. The second-order valence-electron chi connectivity index (χ2n) is 4.81. The summed E-state index contributed by atoms with van der Waals surface area (Å²) in [5.41, 5.74) is 2.14. The van der Waals surface area contributed by atoms with Gasteiger partial charge >= 0.3 is 17.9 Å². The number of hydrogen-bond acceptors (Lipinski definition) is 6. The molecule has 2 rings (SSSR count). The van der Waals surface area contributed by atoms with E-state index in [0.29, 0.717) is 16.7 Å². The SMILES string of the molecule is COC(=O)c1ccc(-c2ccc(C(=O)OC)cc2C(=O)OC)cc1. The molecular weight excluding hydrogens is 312 g/mol. The molecule has 24 heavy (non-hydrogen) atoms. The minimum absolute atomic E-state index is 0.228. The highest BCUT2D eigenvalue weighted by Gasteiger charge is 2.17. The Morgan fingerprint density at radius 2 is 1.17 bits per heavy atom. The third-order valence-corrected chi connectivity index (χ3v) is 3.46. The average molecular weight is 328 g/mol. The van der Waals surface area contributed by atoms with Crippen LogP contribution >= 0.6 is 0 Å². The van der Waals surface area contributed by atoms with Crippen LogP contribution in [0.4, 0.5) is 0 Å². The van der Waals surface area contributed by atoms with E-state index in [4.69, 9.17) is 4.74 Å². The predicted octanol–water partition coefficient (Wildman–Crippen LogP) is 2.71. The number of rotatable bonds is 4. The van der Waals surface area contributed by atoms with Crippen LogP contribution in [0.15, 0.2) is 42.5 Å². The normalized spacial score (nSPS) is 9.96. The molecule has 0 fully saturated rings. The molecule has 0 unspecified atom stereocenters. The first-order valence-corrected chi connectivity index (χ1v) is 7.01. The van der Waals surface area contributed by atoms with Gasteiger partial charge < -0.3 is 14.2 Å². The Kier molecular flexibility index (Phi) is 5.31. The summed E-state index contributed by atoms with van der Waals surface area (Å²) in [7, 11) is 3.83. The lowest BCUT2D eigenvalue weighted by molar-refractivity contribution is 0.0587. The molecule has 6 nitrogen and oxygen atoms in total. The van der Waals surface area contributed by atoms with Gasteiger partial charge in [0.05, 0.1) is 38.0 Å².